The Labute approximate surface area is 153 Å². The van der Waals surface area contributed by atoms with Crippen molar-refractivity contribution in [1.82, 2.24) is 4.98 Å². The summed E-state index contributed by atoms with van der Waals surface area (Å²) >= 11 is 0. The van der Waals surface area contributed by atoms with Crippen LogP contribution in [0.15, 0.2) is 24.3 Å². The standard InChI is InChI=1S/C20H25NO5/c1-6-25-16-9-7-15(8-10-16)19(23)14(5)26-20(24)18-11(2)17(13(4)22)12(3)21-18/h7-10,13-14,21-22H,6H2,1-5H3/t13-,14+/m0/s1. The summed E-state index contributed by atoms with van der Waals surface area (Å²) in [7, 11) is 0. The van der Waals surface area contributed by atoms with E-state index in [0.29, 0.717) is 34.7 Å². The number of ketones is 1. The number of hydrogen-bond donors (Lipinski definition) is 2. The van der Waals surface area contributed by atoms with E-state index in [1.807, 2.05) is 6.92 Å². The number of aryl methyl sites for hydroxylation is 1. The lowest BCUT2D eigenvalue weighted by Gasteiger charge is -2.13. The number of aliphatic hydroxyl groups is 1. The maximum atomic E-state index is 12.5. The van der Waals surface area contributed by atoms with E-state index in [1.165, 1.54) is 6.92 Å². The molecule has 0 saturated carbocycles. The topological polar surface area (TPSA) is 88.6 Å². The minimum atomic E-state index is -0.932. The van der Waals surface area contributed by atoms with E-state index in [2.05, 4.69) is 4.98 Å². The van der Waals surface area contributed by atoms with Gasteiger partial charge in [0.1, 0.15) is 11.4 Å². The van der Waals surface area contributed by atoms with E-state index in [1.54, 1.807) is 45.0 Å². The zero-order valence-corrected chi connectivity index (χ0v) is 15.8. The van der Waals surface area contributed by atoms with Crippen molar-refractivity contribution in [2.75, 3.05) is 6.61 Å². The fraction of sp³-hybridized carbons (Fsp3) is 0.400. The van der Waals surface area contributed by atoms with E-state index in [0.717, 1.165) is 0 Å². The third-order valence-electron chi connectivity index (χ3n) is 4.22. The molecule has 2 atom stereocenters. The first-order chi connectivity index (χ1) is 12.3. The average molecular weight is 359 g/mol. The van der Waals surface area contributed by atoms with Crippen LogP contribution in [0, 0.1) is 13.8 Å². The molecule has 2 N–H and O–H groups in total. The Balaban J connectivity index is 2.11. The first-order valence-corrected chi connectivity index (χ1v) is 8.61. The summed E-state index contributed by atoms with van der Waals surface area (Å²) in [5, 5.41) is 9.82. The Hall–Kier alpha value is -2.60. The maximum absolute atomic E-state index is 12.5. The van der Waals surface area contributed by atoms with Crippen molar-refractivity contribution in [3.05, 3.63) is 52.3 Å². The van der Waals surface area contributed by atoms with Gasteiger partial charge in [0.2, 0.25) is 5.78 Å². The van der Waals surface area contributed by atoms with Crippen LogP contribution in [-0.4, -0.2) is 34.6 Å². The molecule has 6 nitrogen and oxygen atoms in total. The second-order valence-electron chi connectivity index (χ2n) is 6.21. The molecule has 0 amide bonds. The minimum absolute atomic E-state index is 0.254. The number of esters is 1. The minimum Gasteiger partial charge on any atom is -0.494 e. The normalized spacial score (nSPS) is 13.2. The molecular weight excluding hydrogens is 334 g/mol. The number of aromatic nitrogens is 1. The second kappa shape index (κ2) is 8.19. The summed E-state index contributed by atoms with van der Waals surface area (Å²) in [6.07, 6.45) is -1.63. The number of aromatic amines is 1. The highest BCUT2D eigenvalue weighted by molar-refractivity contribution is 6.01. The van der Waals surface area contributed by atoms with Gasteiger partial charge >= 0.3 is 5.97 Å². The van der Waals surface area contributed by atoms with Crippen molar-refractivity contribution in [3.8, 4) is 5.75 Å². The van der Waals surface area contributed by atoms with Crippen molar-refractivity contribution in [2.24, 2.45) is 0 Å². The van der Waals surface area contributed by atoms with Gasteiger partial charge in [-0.2, -0.15) is 0 Å². The third-order valence-corrected chi connectivity index (χ3v) is 4.22. The Morgan fingerprint density at radius 2 is 1.77 bits per heavy atom. The van der Waals surface area contributed by atoms with Crippen molar-refractivity contribution in [3.63, 3.8) is 0 Å². The molecule has 1 aromatic carbocycles. The average Bonchev–Trinajstić information content (AvgIpc) is 2.89. The van der Waals surface area contributed by atoms with Gasteiger partial charge in [0.25, 0.3) is 0 Å². The van der Waals surface area contributed by atoms with E-state index in [4.69, 9.17) is 9.47 Å². The van der Waals surface area contributed by atoms with Crippen molar-refractivity contribution in [1.29, 1.82) is 0 Å². The number of hydrogen-bond acceptors (Lipinski definition) is 5. The molecule has 0 spiro atoms. The number of benzene rings is 1. The molecule has 0 aliphatic heterocycles. The van der Waals surface area contributed by atoms with Gasteiger partial charge in [-0.25, -0.2) is 4.79 Å². The smallest absolute Gasteiger partial charge is 0.355 e. The quantitative estimate of drug-likeness (QED) is 0.583. The van der Waals surface area contributed by atoms with Gasteiger partial charge < -0.3 is 19.6 Å². The van der Waals surface area contributed by atoms with Crippen LogP contribution < -0.4 is 4.74 Å². The number of H-pyrrole nitrogens is 1. The maximum Gasteiger partial charge on any atom is 0.355 e. The van der Waals surface area contributed by atoms with Crippen molar-refractivity contribution >= 4 is 11.8 Å². The van der Waals surface area contributed by atoms with Gasteiger partial charge in [0, 0.05) is 16.8 Å². The predicted molar refractivity (Wildman–Crippen MR) is 97.7 cm³/mol. The monoisotopic (exact) mass is 359 g/mol. The molecular formula is C20H25NO5. The van der Waals surface area contributed by atoms with Crippen LogP contribution in [0.3, 0.4) is 0 Å². The second-order valence-corrected chi connectivity index (χ2v) is 6.21. The lowest BCUT2D eigenvalue weighted by atomic mass is 10.1. The molecule has 0 aliphatic rings. The van der Waals surface area contributed by atoms with Crippen LogP contribution in [0.4, 0.5) is 0 Å². The molecule has 6 heteroatoms. The van der Waals surface area contributed by atoms with E-state index < -0.39 is 18.2 Å². The SMILES string of the molecule is CCOc1ccc(C(=O)[C@@H](C)OC(=O)c2[nH]c(C)c([C@H](C)O)c2C)cc1. The number of carbonyl (C=O) groups is 2. The number of aliphatic hydroxyl groups excluding tert-OH is 1. The van der Waals surface area contributed by atoms with E-state index >= 15 is 0 Å². The van der Waals surface area contributed by atoms with Crippen LogP contribution in [0.1, 0.15) is 64.5 Å². The van der Waals surface area contributed by atoms with Gasteiger partial charge in [0.15, 0.2) is 6.10 Å². The van der Waals surface area contributed by atoms with E-state index in [-0.39, 0.29) is 11.5 Å². The lowest BCUT2D eigenvalue weighted by molar-refractivity contribution is 0.0313. The lowest BCUT2D eigenvalue weighted by Crippen LogP contribution is -2.25. The van der Waals surface area contributed by atoms with Crippen LogP contribution in [-0.2, 0) is 4.74 Å². The molecule has 26 heavy (non-hydrogen) atoms. The number of rotatable bonds is 7. The number of carbonyl (C=O) groups excluding carboxylic acids is 2. The van der Waals surface area contributed by atoms with Gasteiger partial charge in [-0.05, 0) is 64.4 Å². The Bertz CT molecular complexity index is 789. The summed E-state index contributed by atoms with van der Waals surface area (Å²) in [5.74, 6) is -0.237. The predicted octanol–water partition coefficient (Wildman–Crippen LogP) is 3.51. The summed E-state index contributed by atoms with van der Waals surface area (Å²) in [6.45, 7) is 9.12. The van der Waals surface area contributed by atoms with Crippen LogP contribution in [0.25, 0.3) is 0 Å². The zero-order chi connectivity index (χ0) is 19.4. The molecule has 1 aromatic heterocycles. The summed E-state index contributed by atoms with van der Waals surface area (Å²) in [5.41, 5.74) is 2.70. The highest BCUT2D eigenvalue weighted by Gasteiger charge is 2.25. The molecule has 0 radical (unpaired) electrons. The van der Waals surface area contributed by atoms with Crippen LogP contribution >= 0.6 is 0 Å². The Morgan fingerprint density at radius 3 is 2.27 bits per heavy atom. The zero-order valence-electron chi connectivity index (χ0n) is 15.8. The molecule has 2 aromatic rings. The summed E-state index contributed by atoms with van der Waals surface area (Å²) in [4.78, 5) is 27.8. The van der Waals surface area contributed by atoms with Gasteiger partial charge in [-0.1, -0.05) is 0 Å². The van der Waals surface area contributed by atoms with Crippen LogP contribution in [0.2, 0.25) is 0 Å². The Morgan fingerprint density at radius 1 is 1.15 bits per heavy atom. The van der Waals surface area contributed by atoms with Crippen molar-refractivity contribution < 1.29 is 24.2 Å². The number of nitrogens with one attached hydrogen (secondary N) is 1. The molecule has 0 saturated heterocycles. The number of Topliss-reactive ketones (excluding diaryl/α,β-unsaturated/α-hetero) is 1. The van der Waals surface area contributed by atoms with Gasteiger partial charge in [-0.15, -0.1) is 0 Å². The fourth-order valence-corrected chi connectivity index (χ4v) is 2.99. The van der Waals surface area contributed by atoms with Gasteiger partial charge in [0.05, 0.1) is 12.7 Å². The Kier molecular flexibility index (Phi) is 6.21. The highest BCUT2D eigenvalue weighted by atomic mass is 16.5. The highest BCUT2D eigenvalue weighted by Crippen LogP contribution is 2.25. The molecule has 2 rings (SSSR count). The largest absolute Gasteiger partial charge is 0.494 e. The van der Waals surface area contributed by atoms with Crippen LogP contribution in [0.5, 0.6) is 5.75 Å². The summed E-state index contributed by atoms with van der Waals surface area (Å²) in [6, 6.07) is 6.71. The van der Waals surface area contributed by atoms with E-state index in [9.17, 15) is 14.7 Å². The fourth-order valence-electron chi connectivity index (χ4n) is 2.99. The molecule has 0 fully saturated rings. The summed E-state index contributed by atoms with van der Waals surface area (Å²) < 4.78 is 10.7. The van der Waals surface area contributed by atoms with Crippen molar-refractivity contribution in [2.45, 2.75) is 46.8 Å². The first kappa shape index (κ1) is 19.7. The number of ether oxygens (including phenoxy) is 2. The van der Waals surface area contributed by atoms with Gasteiger partial charge in [-0.3, -0.25) is 4.79 Å². The molecule has 140 valence electrons. The molecule has 0 bridgehead atoms. The molecule has 0 unspecified atom stereocenters. The molecule has 1 heterocycles. The third kappa shape index (κ3) is 4.14. The first-order valence-electron chi connectivity index (χ1n) is 8.61. The molecule has 0 aliphatic carbocycles.